The molecule has 0 bridgehead atoms. The van der Waals surface area contributed by atoms with Crippen molar-refractivity contribution in [2.45, 2.75) is 57.3 Å². The number of benzene rings is 1. The summed E-state index contributed by atoms with van der Waals surface area (Å²) in [6, 6.07) is 6.45. The molecule has 1 aliphatic carbocycles. The smallest absolute Gasteiger partial charge is 0.413 e. The van der Waals surface area contributed by atoms with Crippen LogP contribution in [0.15, 0.2) is 29.3 Å². The third kappa shape index (κ3) is 3.33. The lowest BCUT2D eigenvalue weighted by Gasteiger charge is -2.47. The van der Waals surface area contributed by atoms with Gasteiger partial charge in [-0.2, -0.15) is 0 Å². The molecule has 26 heavy (non-hydrogen) atoms. The Morgan fingerprint density at radius 2 is 2.08 bits per heavy atom. The number of amides is 1. The largest absolute Gasteiger partial charge is 0.465 e. The molecule has 2 aliphatic rings. The van der Waals surface area contributed by atoms with Crippen molar-refractivity contribution >= 4 is 23.0 Å². The van der Waals surface area contributed by atoms with E-state index in [0.717, 1.165) is 0 Å². The van der Waals surface area contributed by atoms with Gasteiger partial charge in [-0.3, -0.25) is 9.89 Å². The average Bonchev–Trinajstić information content (AvgIpc) is 2.54. The topological polar surface area (TPSA) is 52.9 Å². The van der Waals surface area contributed by atoms with Gasteiger partial charge in [-0.25, -0.2) is 13.6 Å². The van der Waals surface area contributed by atoms with Crippen LogP contribution in [0.2, 0.25) is 0 Å². The number of hydrogen-bond acceptors (Lipinski definition) is 3. The lowest BCUT2D eigenvalue weighted by atomic mass is 9.69. The Hall–Kier alpha value is -1.63. The van der Waals surface area contributed by atoms with Gasteiger partial charge < -0.3 is 5.11 Å². The minimum absolute atomic E-state index is 0.160. The first-order valence-corrected chi connectivity index (χ1v) is 9.78. The summed E-state index contributed by atoms with van der Waals surface area (Å²) in [5, 5.41) is 10.1. The Morgan fingerprint density at radius 3 is 2.69 bits per heavy atom. The predicted molar refractivity (Wildman–Crippen MR) is 99.8 cm³/mol. The lowest BCUT2D eigenvalue weighted by molar-refractivity contribution is 0.117. The monoisotopic (exact) mass is 382 g/mol. The molecule has 142 valence electrons. The average molecular weight is 382 g/mol. The number of nitrogens with zero attached hydrogens (tertiary/aromatic N) is 2. The van der Waals surface area contributed by atoms with Crippen LogP contribution in [-0.2, 0) is 5.54 Å². The number of hydrogen-bond donors (Lipinski definition) is 1. The number of alkyl halides is 1. The van der Waals surface area contributed by atoms with E-state index in [-0.39, 0.29) is 11.7 Å². The maximum atomic E-state index is 14.7. The quantitative estimate of drug-likeness (QED) is 0.740. The van der Waals surface area contributed by atoms with Gasteiger partial charge in [-0.1, -0.05) is 30.0 Å². The van der Waals surface area contributed by atoms with Crippen molar-refractivity contribution in [1.82, 2.24) is 4.90 Å². The SMILES string of the molecule is CC(C)(C)N(C(=O)O)C1=N[C@@]2(c3ccccc3F)CC[C@@H](F)C[C@H]2CS1. The van der Waals surface area contributed by atoms with Crippen LogP contribution in [0.4, 0.5) is 13.6 Å². The summed E-state index contributed by atoms with van der Waals surface area (Å²) < 4.78 is 28.7. The molecule has 1 fully saturated rings. The number of carboxylic acid groups (broad SMARTS) is 1. The number of amidine groups is 1. The second kappa shape index (κ2) is 6.83. The molecule has 1 saturated carbocycles. The van der Waals surface area contributed by atoms with E-state index in [1.165, 1.54) is 22.7 Å². The van der Waals surface area contributed by atoms with Crippen molar-refractivity contribution in [1.29, 1.82) is 0 Å². The number of rotatable bonds is 1. The van der Waals surface area contributed by atoms with E-state index in [1.54, 1.807) is 39.0 Å². The molecule has 0 spiro atoms. The molecule has 0 unspecified atom stereocenters. The van der Waals surface area contributed by atoms with Crippen LogP contribution in [0.3, 0.4) is 0 Å². The van der Waals surface area contributed by atoms with E-state index in [2.05, 4.69) is 0 Å². The fourth-order valence-electron chi connectivity index (χ4n) is 3.93. The zero-order valence-electron chi connectivity index (χ0n) is 15.2. The molecule has 3 atom stereocenters. The van der Waals surface area contributed by atoms with Crippen molar-refractivity contribution in [3.63, 3.8) is 0 Å². The van der Waals surface area contributed by atoms with Crippen LogP contribution < -0.4 is 0 Å². The van der Waals surface area contributed by atoms with E-state index in [9.17, 15) is 18.7 Å². The highest BCUT2D eigenvalue weighted by molar-refractivity contribution is 8.13. The molecular weight excluding hydrogens is 358 g/mol. The van der Waals surface area contributed by atoms with Crippen LogP contribution in [0.1, 0.15) is 45.6 Å². The number of carbonyl (C=O) groups is 1. The first kappa shape index (κ1) is 19.1. The van der Waals surface area contributed by atoms with Gasteiger partial charge in [0.15, 0.2) is 5.17 Å². The van der Waals surface area contributed by atoms with Crippen molar-refractivity contribution in [3.8, 4) is 0 Å². The highest BCUT2D eigenvalue weighted by Gasteiger charge is 2.50. The molecule has 0 aromatic heterocycles. The highest BCUT2D eigenvalue weighted by Crippen LogP contribution is 2.51. The summed E-state index contributed by atoms with van der Waals surface area (Å²) in [5.74, 6) is -0.0112. The number of aliphatic imine (C=N–C) groups is 1. The Bertz CT molecular complexity index is 734. The number of thioether (sulfide) groups is 1. The minimum atomic E-state index is -1.09. The summed E-state index contributed by atoms with van der Waals surface area (Å²) in [5.41, 5.74) is -1.15. The zero-order valence-corrected chi connectivity index (χ0v) is 16.0. The van der Waals surface area contributed by atoms with Crippen LogP contribution >= 0.6 is 11.8 Å². The number of halogens is 2. The second-order valence-electron chi connectivity index (χ2n) is 7.97. The van der Waals surface area contributed by atoms with Gasteiger partial charge in [0, 0.05) is 22.8 Å². The molecule has 1 aromatic rings. The van der Waals surface area contributed by atoms with Crippen molar-refractivity contribution in [2.75, 3.05) is 5.75 Å². The number of fused-ring (bicyclic) bond motifs is 1. The maximum Gasteiger partial charge on any atom is 0.413 e. The molecule has 1 aromatic carbocycles. The molecule has 0 radical (unpaired) electrons. The van der Waals surface area contributed by atoms with Crippen molar-refractivity contribution < 1.29 is 18.7 Å². The standard InChI is InChI=1S/C19H24F2N2O2S/c1-18(2,3)23(17(24)25)16-22-19(14-6-4-5-7-15(14)21)9-8-13(20)10-12(19)11-26-16/h4-7,12-13H,8-11H2,1-3H3,(H,24,25)/t12-,13+,19-/m0/s1. The van der Waals surface area contributed by atoms with Gasteiger partial charge in [-0.15, -0.1) is 0 Å². The fraction of sp³-hybridized carbons (Fsp3) is 0.579. The molecule has 1 N–H and O–H groups in total. The molecule has 1 amide bonds. The Balaban J connectivity index is 2.15. The predicted octanol–water partition coefficient (Wildman–Crippen LogP) is 5.04. The molecule has 4 nitrogen and oxygen atoms in total. The van der Waals surface area contributed by atoms with E-state index >= 15 is 0 Å². The summed E-state index contributed by atoms with van der Waals surface area (Å²) in [7, 11) is 0. The second-order valence-corrected chi connectivity index (χ2v) is 8.95. The molecule has 7 heteroatoms. The van der Waals surface area contributed by atoms with Crippen molar-refractivity contribution in [2.24, 2.45) is 10.9 Å². The zero-order chi connectivity index (χ0) is 19.1. The summed E-state index contributed by atoms with van der Waals surface area (Å²) in [4.78, 5) is 17.9. The minimum Gasteiger partial charge on any atom is -0.465 e. The van der Waals surface area contributed by atoms with Crippen LogP contribution in [-0.4, -0.2) is 38.7 Å². The van der Waals surface area contributed by atoms with Gasteiger partial charge in [0.1, 0.15) is 12.0 Å². The summed E-state index contributed by atoms with van der Waals surface area (Å²) >= 11 is 1.32. The van der Waals surface area contributed by atoms with E-state index in [4.69, 9.17) is 4.99 Å². The molecule has 1 heterocycles. The van der Waals surface area contributed by atoms with E-state index < -0.39 is 23.3 Å². The summed E-state index contributed by atoms with van der Waals surface area (Å²) in [6.45, 7) is 5.39. The van der Waals surface area contributed by atoms with Crippen molar-refractivity contribution in [3.05, 3.63) is 35.6 Å². The van der Waals surface area contributed by atoms with Gasteiger partial charge in [0.25, 0.3) is 0 Å². The Kier molecular flexibility index (Phi) is 5.03. The van der Waals surface area contributed by atoms with Gasteiger partial charge >= 0.3 is 6.09 Å². The molecule has 3 rings (SSSR count). The molecule has 1 aliphatic heterocycles. The first-order chi connectivity index (χ1) is 12.1. The van der Waals surface area contributed by atoms with Crippen LogP contribution in [0.25, 0.3) is 0 Å². The first-order valence-electron chi connectivity index (χ1n) is 8.80. The summed E-state index contributed by atoms with van der Waals surface area (Å²) in [6.07, 6.45) is -1.02. The maximum absolute atomic E-state index is 14.7. The van der Waals surface area contributed by atoms with Gasteiger partial charge in [0.05, 0.1) is 5.54 Å². The molecule has 0 saturated heterocycles. The lowest BCUT2D eigenvalue weighted by Crippen LogP contribution is -2.52. The van der Waals surface area contributed by atoms with E-state index in [1.807, 2.05) is 0 Å². The Morgan fingerprint density at radius 1 is 1.38 bits per heavy atom. The third-order valence-electron chi connectivity index (χ3n) is 5.16. The van der Waals surface area contributed by atoms with Crippen LogP contribution in [0, 0.1) is 11.7 Å². The van der Waals surface area contributed by atoms with Crippen LogP contribution in [0.5, 0.6) is 0 Å². The van der Waals surface area contributed by atoms with E-state index in [0.29, 0.717) is 35.7 Å². The normalized spacial score (nSPS) is 28.9. The highest BCUT2D eigenvalue weighted by atomic mass is 32.2. The molecular formula is C19H24F2N2O2S. The van der Waals surface area contributed by atoms with Gasteiger partial charge in [0.2, 0.25) is 0 Å². The Labute approximate surface area is 156 Å². The fourth-order valence-corrected chi connectivity index (χ4v) is 5.40. The third-order valence-corrected chi connectivity index (χ3v) is 6.26. The van der Waals surface area contributed by atoms with Gasteiger partial charge in [-0.05, 0) is 46.1 Å².